The predicted molar refractivity (Wildman–Crippen MR) is 71.0 cm³/mol. The molecule has 0 radical (unpaired) electrons. The van der Waals surface area contributed by atoms with Crippen LogP contribution in [-0.2, 0) is 4.74 Å². The quantitative estimate of drug-likeness (QED) is 0.818. The molecule has 3 nitrogen and oxygen atoms in total. The van der Waals surface area contributed by atoms with Gasteiger partial charge in [-0.05, 0) is 37.1 Å². The van der Waals surface area contributed by atoms with Gasteiger partial charge in [-0.25, -0.2) is 0 Å². The maximum atomic E-state index is 6.08. The molecule has 0 atom stereocenters. The molecule has 100 valence electrons. The molecule has 2 N–H and O–H groups in total. The summed E-state index contributed by atoms with van der Waals surface area (Å²) in [6.45, 7) is 8.55. The Hall–Kier alpha value is -0.120. The molecule has 0 bridgehead atoms. The summed E-state index contributed by atoms with van der Waals surface area (Å²) in [5.41, 5.74) is 6.48. The highest BCUT2D eigenvalue weighted by molar-refractivity contribution is 4.88. The van der Waals surface area contributed by atoms with Crippen LogP contribution in [-0.4, -0.2) is 44.3 Å². The van der Waals surface area contributed by atoms with Crippen molar-refractivity contribution in [3.8, 4) is 0 Å². The molecule has 17 heavy (non-hydrogen) atoms. The van der Waals surface area contributed by atoms with Crippen molar-refractivity contribution in [1.82, 2.24) is 4.90 Å². The molecule has 3 heteroatoms. The van der Waals surface area contributed by atoms with Crippen LogP contribution in [0.15, 0.2) is 0 Å². The van der Waals surface area contributed by atoms with E-state index in [9.17, 15) is 0 Å². The minimum atomic E-state index is 0.400. The average Bonchev–Trinajstić information content (AvgIpc) is 2.61. The molecule has 1 aliphatic heterocycles. The number of rotatable bonds is 3. The van der Waals surface area contributed by atoms with Crippen molar-refractivity contribution in [1.29, 1.82) is 0 Å². The van der Waals surface area contributed by atoms with Gasteiger partial charge in [0.25, 0.3) is 0 Å². The van der Waals surface area contributed by atoms with Crippen LogP contribution in [0.2, 0.25) is 0 Å². The summed E-state index contributed by atoms with van der Waals surface area (Å²) in [7, 11) is 0. The lowest BCUT2D eigenvalue weighted by Crippen LogP contribution is -2.45. The highest BCUT2D eigenvalue weighted by atomic mass is 16.5. The first-order valence-corrected chi connectivity index (χ1v) is 7.24. The van der Waals surface area contributed by atoms with Crippen LogP contribution in [0.4, 0.5) is 0 Å². The third-order valence-corrected chi connectivity index (χ3v) is 4.64. The summed E-state index contributed by atoms with van der Waals surface area (Å²) in [6.07, 6.45) is 6.55. The summed E-state index contributed by atoms with van der Waals surface area (Å²) >= 11 is 0. The molecule has 0 spiro atoms. The van der Waals surface area contributed by atoms with Gasteiger partial charge in [-0.2, -0.15) is 0 Å². The number of ether oxygens (including phenoxy) is 1. The second-order valence-corrected chi connectivity index (χ2v) is 6.13. The molecular formula is C14H28N2O. The van der Waals surface area contributed by atoms with Gasteiger partial charge in [0.05, 0.1) is 6.61 Å². The fraction of sp³-hybridized carbons (Fsp3) is 1.00. The molecule has 0 amide bonds. The maximum Gasteiger partial charge on any atom is 0.0593 e. The topological polar surface area (TPSA) is 38.5 Å². The van der Waals surface area contributed by atoms with E-state index in [2.05, 4.69) is 11.8 Å². The summed E-state index contributed by atoms with van der Waals surface area (Å²) in [5, 5.41) is 0. The van der Waals surface area contributed by atoms with Crippen molar-refractivity contribution in [2.24, 2.45) is 17.1 Å². The number of hydrogen-bond donors (Lipinski definition) is 1. The first-order chi connectivity index (χ1) is 8.24. The van der Waals surface area contributed by atoms with E-state index in [0.29, 0.717) is 5.41 Å². The minimum absolute atomic E-state index is 0.400. The highest BCUT2D eigenvalue weighted by Crippen LogP contribution is 2.38. The first kappa shape index (κ1) is 13.3. The molecule has 1 aliphatic carbocycles. The Morgan fingerprint density at radius 3 is 2.71 bits per heavy atom. The van der Waals surface area contributed by atoms with E-state index in [-0.39, 0.29) is 0 Å². The van der Waals surface area contributed by atoms with Crippen LogP contribution in [0, 0.1) is 11.3 Å². The Labute approximate surface area is 106 Å². The van der Waals surface area contributed by atoms with Gasteiger partial charge >= 0.3 is 0 Å². The van der Waals surface area contributed by atoms with Crippen LogP contribution in [0.5, 0.6) is 0 Å². The molecule has 1 heterocycles. The van der Waals surface area contributed by atoms with E-state index in [4.69, 9.17) is 10.5 Å². The van der Waals surface area contributed by atoms with Crippen molar-refractivity contribution in [3.63, 3.8) is 0 Å². The molecule has 1 saturated carbocycles. The molecule has 1 saturated heterocycles. The lowest BCUT2D eigenvalue weighted by Gasteiger charge is -2.41. The Morgan fingerprint density at radius 1 is 1.24 bits per heavy atom. The van der Waals surface area contributed by atoms with Crippen molar-refractivity contribution in [3.05, 3.63) is 0 Å². The summed E-state index contributed by atoms with van der Waals surface area (Å²) in [5.74, 6) is 0.905. The average molecular weight is 240 g/mol. The fourth-order valence-electron chi connectivity index (χ4n) is 3.23. The largest absolute Gasteiger partial charge is 0.380 e. The van der Waals surface area contributed by atoms with Crippen LogP contribution in [0.3, 0.4) is 0 Å². The van der Waals surface area contributed by atoms with Gasteiger partial charge in [0, 0.05) is 26.2 Å². The zero-order valence-electron chi connectivity index (χ0n) is 11.3. The molecular weight excluding hydrogens is 212 g/mol. The van der Waals surface area contributed by atoms with Crippen molar-refractivity contribution in [2.45, 2.75) is 39.0 Å². The van der Waals surface area contributed by atoms with E-state index < -0.39 is 0 Å². The van der Waals surface area contributed by atoms with Crippen molar-refractivity contribution >= 4 is 0 Å². The molecule has 0 aromatic carbocycles. The summed E-state index contributed by atoms with van der Waals surface area (Å²) in [6, 6.07) is 0. The van der Waals surface area contributed by atoms with Gasteiger partial charge in [-0.15, -0.1) is 0 Å². The Morgan fingerprint density at radius 2 is 2.00 bits per heavy atom. The number of nitrogens with zero attached hydrogens (tertiary/aromatic N) is 1. The third kappa shape index (κ3) is 3.67. The zero-order valence-corrected chi connectivity index (χ0v) is 11.3. The lowest BCUT2D eigenvalue weighted by molar-refractivity contribution is 0.0882. The normalized spacial score (nSPS) is 36.7. The molecule has 2 fully saturated rings. The van der Waals surface area contributed by atoms with Gasteiger partial charge < -0.3 is 15.4 Å². The smallest absolute Gasteiger partial charge is 0.0593 e. The molecule has 0 aromatic rings. The monoisotopic (exact) mass is 240 g/mol. The van der Waals surface area contributed by atoms with E-state index in [1.54, 1.807) is 0 Å². The number of nitrogens with two attached hydrogens (primary N) is 1. The van der Waals surface area contributed by atoms with E-state index >= 15 is 0 Å². The zero-order chi connectivity index (χ0) is 12.1. The first-order valence-electron chi connectivity index (χ1n) is 7.24. The second kappa shape index (κ2) is 6.17. The van der Waals surface area contributed by atoms with Crippen LogP contribution in [0.1, 0.15) is 39.0 Å². The fourth-order valence-corrected chi connectivity index (χ4v) is 3.23. The maximum absolute atomic E-state index is 6.08. The third-order valence-electron chi connectivity index (χ3n) is 4.64. The standard InChI is InChI=1S/C14H28N2O/c1-13-3-5-14(11-15,6-4-13)12-16-7-2-9-17-10-8-16/h13H,2-12,15H2,1H3. The van der Waals surface area contributed by atoms with Gasteiger partial charge in [0.1, 0.15) is 0 Å². The SMILES string of the molecule is CC1CCC(CN)(CN2CCCOCC2)CC1. The van der Waals surface area contributed by atoms with Gasteiger partial charge in [0.15, 0.2) is 0 Å². The van der Waals surface area contributed by atoms with E-state index in [0.717, 1.165) is 32.2 Å². The molecule has 0 unspecified atom stereocenters. The van der Waals surface area contributed by atoms with Crippen LogP contribution >= 0.6 is 0 Å². The Bertz CT molecular complexity index is 216. The molecule has 2 rings (SSSR count). The van der Waals surface area contributed by atoms with E-state index in [1.807, 2.05) is 0 Å². The summed E-state index contributed by atoms with van der Waals surface area (Å²) in [4.78, 5) is 2.58. The Kier molecular flexibility index (Phi) is 4.83. The predicted octanol–water partition coefficient (Wildman–Crippen LogP) is 1.86. The van der Waals surface area contributed by atoms with Gasteiger partial charge in [-0.3, -0.25) is 0 Å². The number of hydrogen-bond acceptors (Lipinski definition) is 3. The summed E-state index contributed by atoms with van der Waals surface area (Å²) < 4.78 is 5.52. The second-order valence-electron chi connectivity index (χ2n) is 6.13. The van der Waals surface area contributed by atoms with Gasteiger partial charge in [0.2, 0.25) is 0 Å². The Balaban J connectivity index is 1.89. The van der Waals surface area contributed by atoms with Crippen LogP contribution < -0.4 is 5.73 Å². The van der Waals surface area contributed by atoms with Gasteiger partial charge in [-0.1, -0.05) is 19.8 Å². The molecule has 0 aromatic heterocycles. The van der Waals surface area contributed by atoms with E-state index in [1.165, 1.54) is 45.2 Å². The lowest BCUT2D eigenvalue weighted by atomic mass is 9.70. The van der Waals surface area contributed by atoms with Crippen LogP contribution in [0.25, 0.3) is 0 Å². The molecule has 2 aliphatic rings. The van der Waals surface area contributed by atoms with Crippen molar-refractivity contribution in [2.75, 3.05) is 39.4 Å². The van der Waals surface area contributed by atoms with Crippen molar-refractivity contribution < 1.29 is 4.74 Å². The highest BCUT2D eigenvalue weighted by Gasteiger charge is 2.34. The minimum Gasteiger partial charge on any atom is -0.380 e.